The van der Waals surface area contributed by atoms with E-state index in [1.165, 1.54) is 0 Å². The van der Waals surface area contributed by atoms with Gasteiger partial charge in [0.2, 0.25) is 0 Å². The van der Waals surface area contributed by atoms with E-state index in [2.05, 4.69) is 4.90 Å². The molecule has 0 unspecified atom stereocenters. The van der Waals surface area contributed by atoms with Crippen LogP contribution in [0.15, 0.2) is 24.3 Å². The average molecular weight is 268 g/mol. The number of rotatable bonds is 3. The Morgan fingerprint density at radius 1 is 1.50 bits per heavy atom. The quantitative estimate of drug-likeness (QED) is 0.789. The van der Waals surface area contributed by atoms with Crippen LogP contribution in [0.4, 0.5) is 0 Å². The summed E-state index contributed by atoms with van der Waals surface area (Å²) >= 11 is 5.89. The second-order valence-electron chi connectivity index (χ2n) is 5.25. The smallest absolute Gasteiger partial charge is 0.176 e. The minimum atomic E-state index is -0.174. The first kappa shape index (κ1) is 13.5. The molecule has 0 aliphatic carbocycles. The molecule has 1 heterocycles. The van der Waals surface area contributed by atoms with E-state index in [1.807, 2.05) is 13.8 Å². The lowest BCUT2D eigenvalue weighted by molar-refractivity contribution is -0.0833. The molecule has 4 heteroatoms. The zero-order valence-corrected chi connectivity index (χ0v) is 11.5. The SMILES string of the molecule is CC1(C)CN(CC(=O)c2cccc(Cl)c2)CCO1. The summed E-state index contributed by atoms with van der Waals surface area (Å²) in [6.07, 6.45) is 0. The fourth-order valence-electron chi connectivity index (χ4n) is 2.21. The highest BCUT2D eigenvalue weighted by Crippen LogP contribution is 2.17. The molecule has 0 saturated carbocycles. The predicted octanol–water partition coefficient (Wildman–Crippen LogP) is 2.63. The van der Waals surface area contributed by atoms with Gasteiger partial charge in [-0.3, -0.25) is 9.69 Å². The number of Topliss-reactive ketones (excluding diaryl/α,β-unsaturated/α-hetero) is 1. The molecule has 1 aromatic rings. The number of benzene rings is 1. The van der Waals surface area contributed by atoms with E-state index in [0.717, 1.165) is 13.1 Å². The van der Waals surface area contributed by atoms with Crippen LogP contribution >= 0.6 is 11.6 Å². The average Bonchev–Trinajstić information content (AvgIpc) is 2.27. The van der Waals surface area contributed by atoms with Crippen molar-refractivity contribution in [2.75, 3.05) is 26.2 Å². The van der Waals surface area contributed by atoms with E-state index in [4.69, 9.17) is 16.3 Å². The first-order chi connectivity index (χ1) is 8.46. The molecular weight excluding hydrogens is 250 g/mol. The Balaban J connectivity index is 1.99. The Bertz CT molecular complexity index is 445. The minimum Gasteiger partial charge on any atom is -0.373 e. The zero-order chi connectivity index (χ0) is 13.2. The van der Waals surface area contributed by atoms with Crippen LogP contribution in [-0.2, 0) is 4.74 Å². The summed E-state index contributed by atoms with van der Waals surface area (Å²) in [6.45, 7) is 6.77. The lowest BCUT2D eigenvalue weighted by Gasteiger charge is -2.37. The van der Waals surface area contributed by atoms with Crippen molar-refractivity contribution in [2.45, 2.75) is 19.4 Å². The maximum atomic E-state index is 12.1. The largest absolute Gasteiger partial charge is 0.373 e. The summed E-state index contributed by atoms with van der Waals surface area (Å²) in [4.78, 5) is 14.3. The molecule has 0 amide bonds. The molecule has 0 aromatic heterocycles. The van der Waals surface area contributed by atoms with E-state index >= 15 is 0 Å². The van der Waals surface area contributed by atoms with Crippen molar-refractivity contribution >= 4 is 17.4 Å². The fraction of sp³-hybridized carbons (Fsp3) is 0.500. The topological polar surface area (TPSA) is 29.5 Å². The monoisotopic (exact) mass is 267 g/mol. The highest BCUT2D eigenvalue weighted by Gasteiger charge is 2.28. The first-order valence-corrected chi connectivity index (χ1v) is 6.49. The summed E-state index contributed by atoms with van der Waals surface area (Å²) in [5.41, 5.74) is 0.499. The Morgan fingerprint density at radius 2 is 2.28 bits per heavy atom. The number of hydrogen-bond donors (Lipinski definition) is 0. The highest BCUT2D eigenvalue weighted by atomic mass is 35.5. The molecule has 1 aliphatic rings. The molecule has 3 nitrogen and oxygen atoms in total. The van der Waals surface area contributed by atoms with Crippen molar-refractivity contribution in [1.29, 1.82) is 0 Å². The molecule has 18 heavy (non-hydrogen) atoms. The van der Waals surface area contributed by atoms with E-state index in [-0.39, 0.29) is 11.4 Å². The first-order valence-electron chi connectivity index (χ1n) is 6.11. The van der Waals surface area contributed by atoms with Gasteiger partial charge in [0, 0.05) is 23.7 Å². The van der Waals surface area contributed by atoms with Gasteiger partial charge in [-0.15, -0.1) is 0 Å². The van der Waals surface area contributed by atoms with Gasteiger partial charge in [0.15, 0.2) is 5.78 Å². The summed E-state index contributed by atoms with van der Waals surface area (Å²) in [7, 11) is 0. The van der Waals surface area contributed by atoms with Crippen LogP contribution in [0.3, 0.4) is 0 Å². The molecule has 98 valence electrons. The van der Waals surface area contributed by atoms with E-state index < -0.39 is 0 Å². The number of ketones is 1. The Morgan fingerprint density at radius 3 is 2.94 bits per heavy atom. The van der Waals surface area contributed by atoms with Gasteiger partial charge < -0.3 is 4.74 Å². The van der Waals surface area contributed by atoms with Gasteiger partial charge in [0.05, 0.1) is 18.8 Å². The number of morpholine rings is 1. The third-order valence-corrected chi connectivity index (χ3v) is 3.25. The third kappa shape index (κ3) is 3.55. The van der Waals surface area contributed by atoms with E-state index in [9.17, 15) is 4.79 Å². The van der Waals surface area contributed by atoms with Gasteiger partial charge in [-0.1, -0.05) is 23.7 Å². The molecule has 0 atom stereocenters. The lowest BCUT2D eigenvalue weighted by Crippen LogP contribution is -2.49. The maximum Gasteiger partial charge on any atom is 0.176 e. The van der Waals surface area contributed by atoms with Gasteiger partial charge >= 0.3 is 0 Å². The van der Waals surface area contributed by atoms with Gasteiger partial charge in [-0.05, 0) is 26.0 Å². The van der Waals surface area contributed by atoms with Gasteiger partial charge in [0.1, 0.15) is 0 Å². The summed E-state index contributed by atoms with van der Waals surface area (Å²) < 4.78 is 5.63. The van der Waals surface area contributed by atoms with Crippen molar-refractivity contribution in [3.05, 3.63) is 34.9 Å². The van der Waals surface area contributed by atoms with Gasteiger partial charge in [-0.2, -0.15) is 0 Å². The van der Waals surface area contributed by atoms with Crippen molar-refractivity contribution in [2.24, 2.45) is 0 Å². The number of nitrogens with zero attached hydrogens (tertiary/aromatic N) is 1. The Labute approximate surface area is 113 Å². The minimum absolute atomic E-state index is 0.107. The van der Waals surface area contributed by atoms with Crippen LogP contribution in [0.1, 0.15) is 24.2 Å². The summed E-state index contributed by atoms with van der Waals surface area (Å²) in [6, 6.07) is 7.10. The second-order valence-corrected chi connectivity index (χ2v) is 5.69. The number of ether oxygens (including phenoxy) is 1. The van der Waals surface area contributed by atoms with Crippen molar-refractivity contribution in [3.8, 4) is 0 Å². The number of carbonyl (C=O) groups is 1. The Kier molecular flexibility index (Phi) is 4.05. The Hall–Kier alpha value is -0.900. The molecule has 0 spiro atoms. The number of hydrogen-bond acceptors (Lipinski definition) is 3. The van der Waals surface area contributed by atoms with Crippen molar-refractivity contribution in [1.82, 2.24) is 4.90 Å². The third-order valence-electron chi connectivity index (χ3n) is 3.02. The van der Waals surface area contributed by atoms with E-state index in [0.29, 0.717) is 23.7 Å². The lowest BCUT2D eigenvalue weighted by atomic mass is 10.1. The number of halogens is 1. The van der Waals surface area contributed by atoms with Crippen molar-refractivity contribution < 1.29 is 9.53 Å². The molecule has 1 aromatic carbocycles. The highest BCUT2D eigenvalue weighted by molar-refractivity contribution is 6.31. The van der Waals surface area contributed by atoms with Gasteiger partial charge in [-0.25, -0.2) is 0 Å². The molecule has 0 radical (unpaired) electrons. The normalized spacial score (nSPS) is 19.7. The van der Waals surface area contributed by atoms with E-state index in [1.54, 1.807) is 24.3 Å². The van der Waals surface area contributed by atoms with Crippen LogP contribution in [0.2, 0.25) is 5.02 Å². The molecular formula is C14H18ClNO2. The van der Waals surface area contributed by atoms with Crippen LogP contribution in [0, 0.1) is 0 Å². The predicted molar refractivity (Wildman–Crippen MR) is 72.3 cm³/mol. The molecule has 2 rings (SSSR count). The van der Waals surface area contributed by atoms with Crippen LogP contribution < -0.4 is 0 Å². The van der Waals surface area contributed by atoms with Crippen LogP contribution in [0.25, 0.3) is 0 Å². The maximum absolute atomic E-state index is 12.1. The second kappa shape index (κ2) is 5.39. The molecule has 0 N–H and O–H groups in total. The zero-order valence-electron chi connectivity index (χ0n) is 10.8. The van der Waals surface area contributed by atoms with Crippen LogP contribution in [0.5, 0.6) is 0 Å². The molecule has 0 bridgehead atoms. The van der Waals surface area contributed by atoms with Crippen LogP contribution in [-0.4, -0.2) is 42.5 Å². The summed E-state index contributed by atoms with van der Waals surface area (Å²) in [5, 5.41) is 0.600. The molecule has 1 saturated heterocycles. The molecule has 1 aliphatic heterocycles. The van der Waals surface area contributed by atoms with Crippen molar-refractivity contribution in [3.63, 3.8) is 0 Å². The number of carbonyl (C=O) groups excluding carboxylic acids is 1. The summed E-state index contributed by atoms with van der Waals surface area (Å²) in [5.74, 6) is 0.107. The molecule has 1 fully saturated rings. The van der Waals surface area contributed by atoms with Gasteiger partial charge in [0.25, 0.3) is 0 Å². The fourth-order valence-corrected chi connectivity index (χ4v) is 2.40. The standard InChI is InChI=1S/C14H18ClNO2/c1-14(2)10-16(6-7-18-14)9-13(17)11-4-3-5-12(15)8-11/h3-5,8H,6-7,9-10H2,1-2H3.